The number of nitrogens with zero attached hydrogens (tertiary/aromatic N) is 2. The number of ether oxygens (including phenoxy) is 2. The molecule has 1 atom stereocenters. The first-order chi connectivity index (χ1) is 13.2. The van der Waals surface area contributed by atoms with Crippen molar-refractivity contribution in [1.29, 1.82) is 0 Å². The lowest BCUT2D eigenvalue weighted by Crippen LogP contribution is -2.45. The summed E-state index contributed by atoms with van der Waals surface area (Å²) >= 11 is 0. The molecular formula is C21H24N2O4. The van der Waals surface area contributed by atoms with Gasteiger partial charge < -0.3 is 18.9 Å². The lowest BCUT2D eigenvalue weighted by atomic mass is 9.97. The number of piperidine rings is 1. The van der Waals surface area contributed by atoms with Crippen molar-refractivity contribution in [2.75, 3.05) is 26.3 Å². The highest BCUT2D eigenvalue weighted by molar-refractivity contribution is 5.93. The highest BCUT2D eigenvalue weighted by atomic mass is 16.7. The highest BCUT2D eigenvalue weighted by Gasteiger charge is 2.33. The molecule has 4 rings (SSSR count). The van der Waals surface area contributed by atoms with E-state index in [0.29, 0.717) is 32.8 Å². The van der Waals surface area contributed by atoms with E-state index in [1.807, 2.05) is 30.3 Å². The van der Waals surface area contributed by atoms with Gasteiger partial charge in [0.25, 0.3) is 11.5 Å². The Morgan fingerprint density at radius 3 is 2.63 bits per heavy atom. The number of likely N-dealkylation sites (tertiary alicyclic amines) is 1. The van der Waals surface area contributed by atoms with Crippen LogP contribution >= 0.6 is 0 Å². The van der Waals surface area contributed by atoms with Gasteiger partial charge >= 0.3 is 0 Å². The van der Waals surface area contributed by atoms with Crippen molar-refractivity contribution in [2.24, 2.45) is 5.92 Å². The molecule has 6 nitrogen and oxygen atoms in total. The van der Waals surface area contributed by atoms with Crippen LogP contribution in [0.5, 0.6) is 0 Å². The minimum absolute atomic E-state index is 0.167. The number of pyridine rings is 1. The van der Waals surface area contributed by atoms with Gasteiger partial charge in [0.05, 0.1) is 19.8 Å². The number of rotatable bonds is 4. The molecule has 2 saturated heterocycles. The van der Waals surface area contributed by atoms with Crippen molar-refractivity contribution in [3.63, 3.8) is 0 Å². The molecule has 2 aromatic rings. The SMILES string of the molecule is O=C(c1cccn(Cc2ccccc2)c1=O)N1CCCC(C2OCCO2)C1. The van der Waals surface area contributed by atoms with Crippen LogP contribution in [0.2, 0.25) is 0 Å². The topological polar surface area (TPSA) is 60.8 Å². The fourth-order valence-corrected chi connectivity index (χ4v) is 3.84. The summed E-state index contributed by atoms with van der Waals surface area (Å²) in [5.41, 5.74) is 1.00. The molecule has 1 unspecified atom stereocenters. The standard InChI is InChI=1S/C21H24N2O4/c24-19-18(9-5-11-22(19)14-16-6-2-1-3-7-16)20(25)23-10-4-8-17(15-23)21-26-12-13-27-21/h1-3,5-7,9,11,17,21H,4,8,10,12-15H2. The second-order valence-corrected chi connectivity index (χ2v) is 7.10. The van der Waals surface area contributed by atoms with E-state index in [0.717, 1.165) is 18.4 Å². The molecule has 6 heteroatoms. The lowest BCUT2D eigenvalue weighted by Gasteiger charge is -2.34. The zero-order valence-electron chi connectivity index (χ0n) is 15.3. The molecule has 2 fully saturated rings. The summed E-state index contributed by atoms with van der Waals surface area (Å²) in [7, 11) is 0. The molecule has 2 aliphatic rings. The van der Waals surface area contributed by atoms with Crippen LogP contribution in [0.1, 0.15) is 28.8 Å². The predicted octanol–water partition coefficient (Wildman–Crippen LogP) is 2.12. The molecule has 1 aromatic heterocycles. The molecule has 1 amide bonds. The zero-order chi connectivity index (χ0) is 18.6. The predicted molar refractivity (Wildman–Crippen MR) is 101 cm³/mol. The van der Waals surface area contributed by atoms with E-state index in [2.05, 4.69) is 0 Å². The van der Waals surface area contributed by atoms with Crippen LogP contribution in [0, 0.1) is 5.92 Å². The quantitative estimate of drug-likeness (QED) is 0.829. The Balaban J connectivity index is 1.51. The van der Waals surface area contributed by atoms with Gasteiger partial charge in [-0.15, -0.1) is 0 Å². The summed E-state index contributed by atoms with van der Waals surface area (Å²) in [5.74, 6) is -0.0365. The van der Waals surface area contributed by atoms with Crippen molar-refractivity contribution >= 4 is 5.91 Å². The van der Waals surface area contributed by atoms with Crippen molar-refractivity contribution in [1.82, 2.24) is 9.47 Å². The number of hydrogen-bond donors (Lipinski definition) is 0. The minimum atomic E-state index is -0.248. The summed E-state index contributed by atoms with van der Waals surface area (Å²) in [6.07, 6.45) is 3.36. The Morgan fingerprint density at radius 2 is 1.85 bits per heavy atom. The summed E-state index contributed by atoms with van der Waals surface area (Å²) < 4.78 is 12.8. The van der Waals surface area contributed by atoms with Gasteiger partial charge in [0.1, 0.15) is 5.56 Å². The number of benzene rings is 1. The van der Waals surface area contributed by atoms with E-state index < -0.39 is 0 Å². The summed E-state index contributed by atoms with van der Waals surface area (Å²) in [4.78, 5) is 27.6. The Labute approximate surface area is 158 Å². The third-order valence-corrected chi connectivity index (χ3v) is 5.22. The molecule has 0 radical (unpaired) electrons. The number of hydrogen-bond acceptors (Lipinski definition) is 4. The molecular weight excluding hydrogens is 344 g/mol. The Hall–Kier alpha value is -2.44. The Bertz CT molecular complexity index is 843. The van der Waals surface area contributed by atoms with Gasteiger partial charge in [-0.3, -0.25) is 9.59 Å². The van der Waals surface area contributed by atoms with Crippen LogP contribution in [-0.4, -0.2) is 48.0 Å². The third-order valence-electron chi connectivity index (χ3n) is 5.22. The van der Waals surface area contributed by atoms with Crippen molar-refractivity contribution in [2.45, 2.75) is 25.7 Å². The third kappa shape index (κ3) is 3.96. The first-order valence-electron chi connectivity index (χ1n) is 9.48. The molecule has 1 aromatic carbocycles. The second kappa shape index (κ2) is 8.06. The maximum atomic E-state index is 13.0. The van der Waals surface area contributed by atoms with E-state index in [1.165, 1.54) is 0 Å². The van der Waals surface area contributed by atoms with Crippen LogP contribution < -0.4 is 5.56 Å². The maximum absolute atomic E-state index is 13.0. The van der Waals surface area contributed by atoms with Crippen molar-refractivity contribution in [3.05, 3.63) is 70.1 Å². The van der Waals surface area contributed by atoms with Crippen LogP contribution in [0.3, 0.4) is 0 Å². The van der Waals surface area contributed by atoms with Gasteiger partial charge in [-0.1, -0.05) is 30.3 Å². The van der Waals surface area contributed by atoms with E-state index in [1.54, 1.807) is 27.8 Å². The normalized spacial score (nSPS) is 20.7. The average Bonchev–Trinajstić information content (AvgIpc) is 3.25. The zero-order valence-corrected chi connectivity index (χ0v) is 15.3. The first-order valence-corrected chi connectivity index (χ1v) is 9.48. The van der Waals surface area contributed by atoms with E-state index in [4.69, 9.17) is 9.47 Å². The largest absolute Gasteiger partial charge is 0.350 e. The number of carbonyl (C=O) groups is 1. The monoisotopic (exact) mass is 368 g/mol. The van der Waals surface area contributed by atoms with Crippen LogP contribution in [0.4, 0.5) is 0 Å². The maximum Gasteiger partial charge on any atom is 0.263 e. The smallest absolute Gasteiger partial charge is 0.263 e. The fourth-order valence-electron chi connectivity index (χ4n) is 3.84. The first kappa shape index (κ1) is 17.9. The summed E-state index contributed by atoms with van der Waals surface area (Å²) in [5, 5.41) is 0. The number of aromatic nitrogens is 1. The second-order valence-electron chi connectivity index (χ2n) is 7.10. The molecule has 0 saturated carbocycles. The van der Waals surface area contributed by atoms with Crippen LogP contribution in [-0.2, 0) is 16.0 Å². The Kier molecular flexibility index (Phi) is 5.36. The molecule has 2 aliphatic heterocycles. The lowest BCUT2D eigenvalue weighted by molar-refractivity contribution is -0.0969. The van der Waals surface area contributed by atoms with E-state index in [-0.39, 0.29) is 29.2 Å². The van der Waals surface area contributed by atoms with Crippen LogP contribution in [0.15, 0.2) is 53.5 Å². The molecule has 0 spiro atoms. The van der Waals surface area contributed by atoms with Gasteiger partial charge in [-0.2, -0.15) is 0 Å². The molecule has 0 aliphatic carbocycles. The van der Waals surface area contributed by atoms with Gasteiger partial charge in [-0.25, -0.2) is 0 Å². The minimum Gasteiger partial charge on any atom is -0.350 e. The van der Waals surface area contributed by atoms with Crippen LogP contribution in [0.25, 0.3) is 0 Å². The molecule has 27 heavy (non-hydrogen) atoms. The highest BCUT2D eigenvalue weighted by Crippen LogP contribution is 2.25. The number of amides is 1. The van der Waals surface area contributed by atoms with Gasteiger partial charge in [0, 0.05) is 25.2 Å². The Morgan fingerprint density at radius 1 is 1.07 bits per heavy atom. The van der Waals surface area contributed by atoms with Crippen molar-refractivity contribution in [3.8, 4) is 0 Å². The van der Waals surface area contributed by atoms with E-state index >= 15 is 0 Å². The van der Waals surface area contributed by atoms with Gasteiger partial charge in [0.15, 0.2) is 6.29 Å². The van der Waals surface area contributed by atoms with Gasteiger partial charge in [0.2, 0.25) is 0 Å². The summed E-state index contributed by atoms with van der Waals surface area (Å²) in [6.45, 7) is 2.90. The van der Waals surface area contributed by atoms with Gasteiger partial charge in [-0.05, 0) is 30.5 Å². The average molecular weight is 368 g/mol. The molecule has 3 heterocycles. The fraction of sp³-hybridized carbons (Fsp3) is 0.429. The van der Waals surface area contributed by atoms with E-state index in [9.17, 15) is 9.59 Å². The van der Waals surface area contributed by atoms with Crippen molar-refractivity contribution < 1.29 is 14.3 Å². The molecule has 142 valence electrons. The summed E-state index contributed by atoms with van der Waals surface area (Å²) in [6, 6.07) is 13.2. The number of carbonyl (C=O) groups excluding carboxylic acids is 1. The molecule has 0 N–H and O–H groups in total. The molecule has 0 bridgehead atoms.